The zero-order valence-corrected chi connectivity index (χ0v) is 11.8. The summed E-state index contributed by atoms with van der Waals surface area (Å²) in [5.41, 5.74) is 0.983. The summed E-state index contributed by atoms with van der Waals surface area (Å²) in [5.74, 6) is 0.521. The standard InChI is InChI=1S/C14H20ClNO3/c1-19-12-7-11(15)6-10(13(12)18)8-16-9-14(2-3-14)4-5-17/h6-7,16-18H,2-5,8-9H2,1H3. The van der Waals surface area contributed by atoms with Crippen molar-refractivity contribution in [2.75, 3.05) is 20.3 Å². The van der Waals surface area contributed by atoms with E-state index >= 15 is 0 Å². The van der Waals surface area contributed by atoms with Crippen LogP contribution in [0, 0.1) is 5.41 Å². The third-order valence-electron chi connectivity index (χ3n) is 3.75. The molecule has 1 aromatic carbocycles. The lowest BCUT2D eigenvalue weighted by molar-refractivity contribution is 0.245. The average Bonchev–Trinajstić information content (AvgIpc) is 3.13. The van der Waals surface area contributed by atoms with E-state index in [4.69, 9.17) is 21.4 Å². The van der Waals surface area contributed by atoms with Gasteiger partial charge in [0.25, 0.3) is 0 Å². The van der Waals surface area contributed by atoms with Crippen molar-refractivity contribution in [3.8, 4) is 11.5 Å². The largest absolute Gasteiger partial charge is 0.504 e. The Morgan fingerprint density at radius 3 is 2.74 bits per heavy atom. The first-order chi connectivity index (χ1) is 9.10. The fraction of sp³-hybridized carbons (Fsp3) is 0.571. The summed E-state index contributed by atoms with van der Waals surface area (Å²) in [7, 11) is 1.50. The first-order valence-electron chi connectivity index (χ1n) is 6.47. The van der Waals surface area contributed by atoms with E-state index in [0.717, 1.165) is 31.4 Å². The smallest absolute Gasteiger partial charge is 0.162 e. The van der Waals surface area contributed by atoms with Crippen LogP contribution < -0.4 is 10.1 Å². The Morgan fingerprint density at radius 1 is 1.42 bits per heavy atom. The minimum atomic E-state index is 0.131. The summed E-state index contributed by atoms with van der Waals surface area (Å²) in [6.45, 7) is 1.62. The van der Waals surface area contributed by atoms with Crippen molar-refractivity contribution in [2.24, 2.45) is 5.41 Å². The second-order valence-corrected chi connectivity index (χ2v) is 5.63. The van der Waals surface area contributed by atoms with Gasteiger partial charge in [-0.2, -0.15) is 0 Å². The molecule has 5 heteroatoms. The second-order valence-electron chi connectivity index (χ2n) is 5.19. The molecule has 0 aliphatic heterocycles. The van der Waals surface area contributed by atoms with Crippen molar-refractivity contribution >= 4 is 11.6 Å². The van der Waals surface area contributed by atoms with Gasteiger partial charge in [0.1, 0.15) is 0 Å². The molecule has 0 amide bonds. The van der Waals surface area contributed by atoms with Crippen LogP contribution in [0.1, 0.15) is 24.8 Å². The summed E-state index contributed by atoms with van der Waals surface area (Å²) < 4.78 is 5.07. The molecule has 0 heterocycles. The van der Waals surface area contributed by atoms with Crippen LogP contribution in [0.25, 0.3) is 0 Å². The molecule has 0 radical (unpaired) electrons. The van der Waals surface area contributed by atoms with Crippen LogP contribution in [0.5, 0.6) is 11.5 Å². The first kappa shape index (κ1) is 14.4. The second kappa shape index (κ2) is 5.99. The SMILES string of the molecule is COc1cc(Cl)cc(CNCC2(CCO)CC2)c1O. The summed E-state index contributed by atoms with van der Waals surface area (Å²) in [4.78, 5) is 0. The molecular formula is C14H20ClNO3. The van der Waals surface area contributed by atoms with Crippen molar-refractivity contribution in [1.29, 1.82) is 0 Å². The molecule has 19 heavy (non-hydrogen) atoms. The van der Waals surface area contributed by atoms with E-state index < -0.39 is 0 Å². The van der Waals surface area contributed by atoms with E-state index in [0.29, 0.717) is 17.3 Å². The Balaban J connectivity index is 1.94. The number of phenolic OH excluding ortho intramolecular Hbond substituents is 1. The Bertz CT molecular complexity index is 447. The number of hydrogen-bond acceptors (Lipinski definition) is 4. The monoisotopic (exact) mass is 285 g/mol. The van der Waals surface area contributed by atoms with Gasteiger partial charge in [-0.25, -0.2) is 0 Å². The van der Waals surface area contributed by atoms with Crippen molar-refractivity contribution in [3.63, 3.8) is 0 Å². The molecule has 0 unspecified atom stereocenters. The maximum absolute atomic E-state index is 10.00. The lowest BCUT2D eigenvalue weighted by Crippen LogP contribution is -2.24. The number of methoxy groups -OCH3 is 1. The highest BCUT2D eigenvalue weighted by Gasteiger charge is 2.41. The molecule has 1 saturated carbocycles. The van der Waals surface area contributed by atoms with Crippen LogP contribution in [0.4, 0.5) is 0 Å². The molecule has 0 saturated heterocycles. The Morgan fingerprint density at radius 2 is 2.16 bits per heavy atom. The number of nitrogens with one attached hydrogen (secondary N) is 1. The van der Waals surface area contributed by atoms with Gasteiger partial charge >= 0.3 is 0 Å². The summed E-state index contributed by atoms with van der Waals surface area (Å²) in [5, 5.41) is 22.9. The van der Waals surface area contributed by atoms with E-state index in [2.05, 4.69) is 5.32 Å². The Hall–Kier alpha value is -0.970. The quantitative estimate of drug-likeness (QED) is 0.719. The highest BCUT2D eigenvalue weighted by molar-refractivity contribution is 6.30. The summed E-state index contributed by atoms with van der Waals surface area (Å²) in [6.07, 6.45) is 3.15. The molecule has 1 aliphatic carbocycles. The fourth-order valence-corrected chi connectivity index (χ4v) is 2.54. The van der Waals surface area contributed by atoms with Crippen LogP contribution in [0.15, 0.2) is 12.1 Å². The maximum atomic E-state index is 10.00. The predicted octanol–water partition coefficient (Wildman–Crippen LogP) is 2.31. The lowest BCUT2D eigenvalue weighted by Gasteiger charge is -2.16. The van der Waals surface area contributed by atoms with Gasteiger partial charge in [0, 0.05) is 36.3 Å². The number of aliphatic hydroxyl groups is 1. The van der Waals surface area contributed by atoms with Gasteiger partial charge in [-0.05, 0) is 30.7 Å². The number of aliphatic hydroxyl groups excluding tert-OH is 1. The Kier molecular flexibility index (Phi) is 4.55. The molecule has 0 atom stereocenters. The maximum Gasteiger partial charge on any atom is 0.162 e. The highest BCUT2D eigenvalue weighted by atomic mass is 35.5. The molecule has 1 aromatic rings. The Labute approximate surface area is 118 Å². The highest BCUT2D eigenvalue weighted by Crippen LogP contribution is 2.48. The minimum Gasteiger partial charge on any atom is -0.504 e. The predicted molar refractivity (Wildman–Crippen MR) is 74.7 cm³/mol. The number of phenols is 1. The van der Waals surface area contributed by atoms with E-state index in [1.165, 1.54) is 7.11 Å². The molecule has 2 rings (SSSR count). The molecule has 4 nitrogen and oxygen atoms in total. The normalized spacial score (nSPS) is 16.4. The van der Waals surface area contributed by atoms with Gasteiger partial charge in [0.15, 0.2) is 11.5 Å². The summed E-state index contributed by atoms with van der Waals surface area (Å²) in [6, 6.07) is 3.33. The first-order valence-corrected chi connectivity index (χ1v) is 6.85. The van der Waals surface area contributed by atoms with Gasteiger partial charge in [-0.15, -0.1) is 0 Å². The summed E-state index contributed by atoms with van der Waals surface area (Å²) >= 11 is 5.98. The number of benzene rings is 1. The minimum absolute atomic E-state index is 0.131. The number of ether oxygens (including phenoxy) is 1. The fourth-order valence-electron chi connectivity index (χ4n) is 2.31. The van der Waals surface area contributed by atoms with Crippen LogP contribution in [-0.4, -0.2) is 30.5 Å². The van der Waals surface area contributed by atoms with E-state index in [1.54, 1.807) is 12.1 Å². The van der Waals surface area contributed by atoms with Gasteiger partial charge in [-0.1, -0.05) is 11.6 Å². The average molecular weight is 286 g/mol. The molecule has 1 fully saturated rings. The van der Waals surface area contributed by atoms with Crippen LogP contribution >= 0.6 is 11.6 Å². The van der Waals surface area contributed by atoms with Gasteiger partial charge < -0.3 is 20.3 Å². The number of rotatable bonds is 7. The lowest BCUT2D eigenvalue weighted by atomic mass is 10.0. The molecule has 0 bridgehead atoms. The molecule has 106 valence electrons. The van der Waals surface area contributed by atoms with Gasteiger partial charge in [0.05, 0.1) is 7.11 Å². The number of halogens is 1. The number of aromatic hydroxyl groups is 1. The topological polar surface area (TPSA) is 61.7 Å². The zero-order valence-electron chi connectivity index (χ0n) is 11.1. The zero-order chi connectivity index (χ0) is 13.9. The van der Waals surface area contributed by atoms with E-state index in [1.807, 2.05) is 0 Å². The molecule has 0 aromatic heterocycles. The van der Waals surface area contributed by atoms with E-state index in [-0.39, 0.29) is 17.8 Å². The molecule has 0 spiro atoms. The van der Waals surface area contributed by atoms with Crippen LogP contribution in [-0.2, 0) is 6.54 Å². The van der Waals surface area contributed by atoms with Gasteiger partial charge in [-0.3, -0.25) is 0 Å². The van der Waals surface area contributed by atoms with Crippen molar-refractivity contribution in [1.82, 2.24) is 5.32 Å². The van der Waals surface area contributed by atoms with E-state index in [9.17, 15) is 5.11 Å². The third-order valence-corrected chi connectivity index (χ3v) is 3.97. The number of hydrogen-bond donors (Lipinski definition) is 3. The van der Waals surface area contributed by atoms with Crippen LogP contribution in [0.2, 0.25) is 5.02 Å². The molecular weight excluding hydrogens is 266 g/mol. The molecule has 3 N–H and O–H groups in total. The van der Waals surface area contributed by atoms with Crippen molar-refractivity contribution < 1.29 is 14.9 Å². The van der Waals surface area contributed by atoms with Crippen molar-refractivity contribution in [3.05, 3.63) is 22.7 Å². The van der Waals surface area contributed by atoms with Crippen molar-refractivity contribution in [2.45, 2.75) is 25.8 Å². The third kappa shape index (κ3) is 3.53. The van der Waals surface area contributed by atoms with Crippen LogP contribution in [0.3, 0.4) is 0 Å². The molecule has 1 aliphatic rings. The van der Waals surface area contributed by atoms with Gasteiger partial charge in [0.2, 0.25) is 0 Å².